The lowest BCUT2D eigenvalue weighted by Gasteiger charge is -2.12. The van der Waals surface area contributed by atoms with Gasteiger partial charge in [-0.25, -0.2) is 0 Å². The Kier molecular flexibility index (Phi) is 4.31. The van der Waals surface area contributed by atoms with Gasteiger partial charge in [0, 0.05) is 14.4 Å². The molecule has 0 spiro atoms. The van der Waals surface area contributed by atoms with E-state index in [0.29, 0.717) is 5.02 Å². The number of nitrogens with two attached hydrogens (primary N) is 1. The maximum atomic E-state index is 6.24. The van der Waals surface area contributed by atoms with Gasteiger partial charge in [-0.15, -0.1) is 11.3 Å². The molecule has 0 aliphatic heterocycles. The second kappa shape index (κ2) is 5.41. The number of hydrogen-bond donors (Lipinski definition) is 1. The topological polar surface area (TPSA) is 26.0 Å². The van der Waals surface area contributed by atoms with Crippen molar-refractivity contribution in [1.29, 1.82) is 0 Å². The van der Waals surface area contributed by atoms with E-state index in [0.717, 1.165) is 18.7 Å². The van der Waals surface area contributed by atoms with Gasteiger partial charge in [0.15, 0.2) is 0 Å². The van der Waals surface area contributed by atoms with Crippen molar-refractivity contribution < 1.29 is 0 Å². The Morgan fingerprint density at radius 2 is 2.00 bits per heavy atom. The highest BCUT2D eigenvalue weighted by Crippen LogP contribution is 2.35. The van der Waals surface area contributed by atoms with Gasteiger partial charge in [-0.1, -0.05) is 33.6 Å². The Bertz CT molecular complexity index is 534. The van der Waals surface area contributed by atoms with E-state index in [2.05, 4.69) is 44.8 Å². The summed E-state index contributed by atoms with van der Waals surface area (Å²) in [6, 6.07) is 7.70. The maximum Gasteiger partial charge on any atom is 0.0731 e. The highest BCUT2D eigenvalue weighted by Gasteiger charge is 2.15. The summed E-state index contributed by atoms with van der Waals surface area (Å²) < 4.78 is 2.08. The van der Waals surface area contributed by atoms with Gasteiger partial charge in [0.05, 0.1) is 9.83 Å². The monoisotopic (exact) mass is 393 g/mol. The smallest absolute Gasteiger partial charge is 0.0731 e. The summed E-state index contributed by atoms with van der Waals surface area (Å²) in [6.45, 7) is 2.06. The van der Waals surface area contributed by atoms with Crippen molar-refractivity contribution in [2.24, 2.45) is 5.73 Å². The van der Waals surface area contributed by atoms with Crippen molar-refractivity contribution >= 4 is 54.8 Å². The lowest BCUT2D eigenvalue weighted by Crippen LogP contribution is -2.10. The van der Waals surface area contributed by atoms with Crippen molar-refractivity contribution in [1.82, 2.24) is 0 Å². The van der Waals surface area contributed by atoms with Crippen LogP contribution in [0, 0.1) is 6.92 Å². The van der Waals surface area contributed by atoms with Crippen LogP contribution in [0.4, 0.5) is 0 Å². The molecule has 0 bridgehead atoms. The molecule has 2 rings (SSSR count). The van der Waals surface area contributed by atoms with Crippen LogP contribution in [0.2, 0.25) is 5.02 Å². The van der Waals surface area contributed by atoms with Crippen LogP contribution in [-0.4, -0.2) is 0 Å². The lowest BCUT2D eigenvalue weighted by atomic mass is 10.1. The van der Waals surface area contributed by atoms with E-state index in [1.54, 1.807) is 11.3 Å². The fraction of sp³-hybridized carbons (Fsp3) is 0.167. The molecule has 0 saturated carbocycles. The van der Waals surface area contributed by atoms with Gasteiger partial charge < -0.3 is 5.73 Å². The molecule has 1 heterocycles. The molecular weight excluding hydrogens is 385 g/mol. The zero-order chi connectivity index (χ0) is 12.6. The van der Waals surface area contributed by atoms with Gasteiger partial charge >= 0.3 is 0 Å². The highest BCUT2D eigenvalue weighted by atomic mass is 79.9. The van der Waals surface area contributed by atoms with E-state index in [-0.39, 0.29) is 6.04 Å². The van der Waals surface area contributed by atoms with Crippen LogP contribution >= 0.6 is 54.8 Å². The first-order valence-electron chi connectivity index (χ1n) is 4.95. The molecule has 1 atom stereocenters. The summed E-state index contributed by atoms with van der Waals surface area (Å²) in [7, 11) is 0. The van der Waals surface area contributed by atoms with Gasteiger partial charge in [-0.3, -0.25) is 0 Å². The van der Waals surface area contributed by atoms with Crippen LogP contribution in [0.3, 0.4) is 0 Å². The van der Waals surface area contributed by atoms with E-state index < -0.39 is 0 Å². The minimum Gasteiger partial charge on any atom is -0.320 e. The SMILES string of the molecule is Cc1cc(C(N)c2ccc(Br)cc2Cl)sc1Br. The summed E-state index contributed by atoms with van der Waals surface area (Å²) in [5, 5.41) is 0.689. The summed E-state index contributed by atoms with van der Waals surface area (Å²) in [4.78, 5) is 1.11. The fourth-order valence-corrected chi connectivity index (χ4v) is 3.93. The zero-order valence-corrected chi connectivity index (χ0v) is 13.8. The molecule has 2 N–H and O–H groups in total. The molecule has 5 heteroatoms. The minimum atomic E-state index is -0.175. The van der Waals surface area contributed by atoms with Gasteiger partial charge in [0.25, 0.3) is 0 Å². The third kappa shape index (κ3) is 2.93. The molecule has 0 aliphatic rings. The maximum absolute atomic E-state index is 6.24. The fourth-order valence-electron chi connectivity index (χ4n) is 1.54. The Morgan fingerprint density at radius 3 is 2.53 bits per heavy atom. The van der Waals surface area contributed by atoms with E-state index in [1.165, 1.54) is 5.56 Å². The molecule has 17 heavy (non-hydrogen) atoms. The third-order valence-corrected chi connectivity index (χ3v) is 5.52. The Balaban J connectivity index is 2.39. The molecule has 1 nitrogen and oxygen atoms in total. The Labute approximate surface area is 126 Å². The van der Waals surface area contributed by atoms with Gasteiger partial charge in [0.2, 0.25) is 0 Å². The molecule has 90 valence electrons. The van der Waals surface area contributed by atoms with Crippen molar-refractivity contribution in [3.05, 3.63) is 53.6 Å². The number of halogens is 3. The first-order chi connectivity index (χ1) is 7.99. The van der Waals surface area contributed by atoms with Gasteiger partial charge in [-0.05, 0) is 52.2 Å². The zero-order valence-electron chi connectivity index (χ0n) is 9.01. The van der Waals surface area contributed by atoms with Crippen LogP contribution in [0.25, 0.3) is 0 Å². The average Bonchev–Trinajstić information content (AvgIpc) is 2.58. The first-order valence-corrected chi connectivity index (χ1v) is 7.73. The number of aryl methyl sites for hydroxylation is 1. The molecule has 0 radical (unpaired) electrons. The predicted octanol–water partition coefficient (Wildman–Crippen LogP) is 5.28. The van der Waals surface area contributed by atoms with Crippen LogP contribution in [-0.2, 0) is 0 Å². The lowest BCUT2D eigenvalue weighted by molar-refractivity contribution is 0.892. The minimum absolute atomic E-state index is 0.175. The quantitative estimate of drug-likeness (QED) is 0.735. The van der Waals surface area contributed by atoms with Gasteiger partial charge in [-0.2, -0.15) is 0 Å². The van der Waals surface area contributed by atoms with Crippen LogP contribution in [0.5, 0.6) is 0 Å². The van der Waals surface area contributed by atoms with Crippen molar-refractivity contribution in [3.8, 4) is 0 Å². The van der Waals surface area contributed by atoms with Crippen molar-refractivity contribution in [3.63, 3.8) is 0 Å². The van der Waals surface area contributed by atoms with E-state index in [1.807, 2.05) is 18.2 Å². The second-order valence-corrected chi connectivity index (χ2v) is 7.47. The second-order valence-electron chi connectivity index (χ2n) is 3.75. The van der Waals surface area contributed by atoms with Gasteiger partial charge in [0.1, 0.15) is 0 Å². The Hall–Kier alpha value is 0.130. The van der Waals surface area contributed by atoms with Crippen LogP contribution in [0.15, 0.2) is 32.5 Å². The van der Waals surface area contributed by atoms with E-state index >= 15 is 0 Å². The predicted molar refractivity (Wildman–Crippen MR) is 81.9 cm³/mol. The first kappa shape index (κ1) is 13.6. The summed E-state index contributed by atoms with van der Waals surface area (Å²) >= 11 is 14.8. The molecule has 1 aromatic carbocycles. The molecular formula is C12H10Br2ClNS. The molecule has 1 aromatic heterocycles. The molecule has 1 unspecified atom stereocenters. The number of benzene rings is 1. The third-order valence-electron chi connectivity index (χ3n) is 2.48. The molecule has 0 amide bonds. The number of rotatable bonds is 2. The van der Waals surface area contributed by atoms with Crippen molar-refractivity contribution in [2.75, 3.05) is 0 Å². The molecule has 0 aliphatic carbocycles. The van der Waals surface area contributed by atoms with E-state index in [9.17, 15) is 0 Å². The summed E-state index contributed by atoms with van der Waals surface area (Å²) in [5.74, 6) is 0. The average molecular weight is 396 g/mol. The van der Waals surface area contributed by atoms with Crippen LogP contribution in [0.1, 0.15) is 22.0 Å². The van der Waals surface area contributed by atoms with E-state index in [4.69, 9.17) is 17.3 Å². The molecule has 0 fully saturated rings. The summed E-state index contributed by atoms with van der Waals surface area (Å²) in [5.41, 5.74) is 8.39. The Morgan fingerprint density at radius 1 is 1.29 bits per heavy atom. The number of hydrogen-bond acceptors (Lipinski definition) is 2. The number of thiophene rings is 1. The highest BCUT2D eigenvalue weighted by molar-refractivity contribution is 9.11. The normalized spacial score (nSPS) is 12.8. The molecule has 0 saturated heterocycles. The van der Waals surface area contributed by atoms with Crippen molar-refractivity contribution in [2.45, 2.75) is 13.0 Å². The molecule has 2 aromatic rings. The largest absolute Gasteiger partial charge is 0.320 e. The van der Waals surface area contributed by atoms with Crippen LogP contribution < -0.4 is 5.73 Å². The summed E-state index contributed by atoms with van der Waals surface area (Å²) in [6.07, 6.45) is 0. The standard InChI is InChI=1S/C12H10Br2ClNS/c1-6-4-10(17-12(6)14)11(16)8-3-2-7(13)5-9(8)15/h2-5,11H,16H2,1H3.